The van der Waals surface area contributed by atoms with Crippen LogP contribution in [0, 0.1) is 10.1 Å². The van der Waals surface area contributed by atoms with Gasteiger partial charge in [0.05, 0.1) is 18.6 Å². The van der Waals surface area contributed by atoms with Gasteiger partial charge in [-0.3, -0.25) is 14.9 Å². The normalized spacial score (nSPS) is 10.2. The number of ether oxygens (including phenoxy) is 1. The van der Waals surface area contributed by atoms with E-state index in [0.29, 0.717) is 30.9 Å². The van der Waals surface area contributed by atoms with Crippen molar-refractivity contribution in [1.82, 2.24) is 10.2 Å². The Labute approximate surface area is 124 Å². The monoisotopic (exact) mass is 295 g/mol. The molecule has 116 valence electrons. The minimum Gasteiger partial charge on any atom is -0.496 e. The van der Waals surface area contributed by atoms with Gasteiger partial charge in [0.2, 0.25) is 5.91 Å². The second-order valence-electron chi connectivity index (χ2n) is 4.42. The first-order chi connectivity index (χ1) is 10.0. The Hall–Kier alpha value is -2.15. The van der Waals surface area contributed by atoms with Gasteiger partial charge in [0, 0.05) is 37.3 Å². The lowest BCUT2D eigenvalue weighted by molar-refractivity contribution is -0.384. The summed E-state index contributed by atoms with van der Waals surface area (Å²) >= 11 is 0. The van der Waals surface area contributed by atoms with Crippen molar-refractivity contribution >= 4 is 11.6 Å². The third kappa shape index (κ3) is 4.71. The van der Waals surface area contributed by atoms with Crippen molar-refractivity contribution in [2.45, 2.75) is 20.4 Å². The number of hydrogen-bond acceptors (Lipinski definition) is 5. The number of carbonyl (C=O) groups excluding carboxylic acids is 1. The first-order valence-corrected chi connectivity index (χ1v) is 6.83. The van der Waals surface area contributed by atoms with Gasteiger partial charge in [-0.25, -0.2) is 0 Å². The zero-order valence-electron chi connectivity index (χ0n) is 12.6. The lowest BCUT2D eigenvalue weighted by Crippen LogP contribution is -2.37. The molecule has 0 aliphatic heterocycles. The number of amides is 1. The molecule has 7 nitrogen and oxygen atoms in total. The Bertz CT molecular complexity index is 501. The van der Waals surface area contributed by atoms with Gasteiger partial charge in [0.15, 0.2) is 0 Å². The van der Waals surface area contributed by atoms with E-state index in [1.165, 1.54) is 19.2 Å². The number of nitrogens with one attached hydrogen (secondary N) is 1. The maximum Gasteiger partial charge on any atom is 0.270 e. The van der Waals surface area contributed by atoms with E-state index in [4.69, 9.17) is 4.74 Å². The second-order valence-corrected chi connectivity index (χ2v) is 4.42. The fourth-order valence-corrected chi connectivity index (χ4v) is 2.01. The van der Waals surface area contributed by atoms with Gasteiger partial charge in [-0.2, -0.15) is 0 Å². The Morgan fingerprint density at radius 2 is 2.05 bits per heavy atom. The van der Waals surface area contributed by atoms with Crippen LogP contribution in [-0.2, 0) is 11.3 Å². The molecule has 0 aliphatic rings. The van der Waals surface area contributed by atoms with Crippen molar-refractivity contribution < 1.29 is 14.5 Å². The number of non-ortho nitro benzene ring substituents is 1. The van der Waals surface area contributed by atoms with Crippen LogP contribution in [0.5, 0.6) is 5.75 Å². The first kappa shape index (κ1) is 16.9. The Morgan fingerprint density at radius 3 is 2.57 bits per heavy atom. The lowest BCUT2D eigenvalue weighted by atomic mass is 10.1. The molecule has 1 rings (SSSR count). The molecule has 1 amide bonds. The van der Waals surface area contributed by atoms with E-state index >= 15 is 0 Å². The molecule has 0 fully saturated rings. The molecule has 0 bridgehead atoms. The molecule has 0 aromatic heterocycles. The van der Waals surface area contributed by atoms with Gasteiger partial charge in [-0.05, 0) is 19.9 Å². The highest BCUT2D eigenvalue weighted by Crippen LogP contribution is 2.23. The van der Waals surface area contributed by atoms with Gasteiger partial charge in [0.1, 0.15) is 5.75 Å². The van der Waals surface area contributed by atoms with E-state index in [1.54, 1.807) is 11.0 Å². The number of rotatable bonds is 8. The number of methoxy groups -OCH3 is 1. The summed E-state index contributed by atoms with van der Waals surface area (Å²) in [6.07, 6.45) is 0. The number of nitro groups is 1. The highest BCUT2D eigenvalue weighted by Gasteiger charge is 2.13. The van der Waals surface area contributed by atoms with Crippen molar-refractivity contribution in [2.24, 2.45) is 0 Å². The second kappa shape index (κ2) is 8.21. The summed E-state index contributed by atoms with van der Waals surface area (Å²) in [5, 5.41) is 13.8. The smallest absolute Gasteiger partial charge is 0.270 e. The summed E-state index contributed by atoms with van der Waals surface area (Å²) in [5.41, 5.74) is 0.654. The summed E-state index contributed by atoms with van der Waals surface area (Å²) in [5.74, 6) is 0.563. The van der Waals surface area contributed by atoms with Gasteiger partial charge in [-0.1, -0.05) is 0 Å². The molecule has 1 aromatic carbocycles. The van der Waals surface area contributed by atoms with Gasteiger partial charge in [-0.15, -0.1) is 0 Å². The third-order valence-electron chi connectivity index (χ3n) is 3.18. The minimum absolute atomic E-state index is 0.00247. The lowest BCUT2D eigenvalue weighted by Gasteiger charge is -2.19. The van der Waals surface area contributed by atoms with Crippen molar-refractivity contribution in [3.63, 3.8) is 0 Å². The van der Waals surface area contributed by atoms with Gasteiger partial charge >= 0.3 is 0 Å². The highest BCUT2D eigenvalue weighted by atomic mass is 16.6. The van der Waals surface area contributed by atoms with Crippen LogP contribution in [0.2, 0.25) is 0 Å². The largest absolute Gasteiger partial charge is 0.496 e. The predicted molar refractivity (Wildman–Crippen MR) is 79.3 cm³/mol. The molecule has 0 saturated heterocycles. The summed E-state index contributed by atoms with van der Waals surface area (Å²) in [4.78, 5) is 23.9. The Kier molecular flexibility index (Phi) is 6.61. The van der Waals surface area contributed by atoms with Crippen LogP contribution in [0.15, 0.2) is 18.2 Å². The van der Waals surface area contributed by atoms with E-state index in [9.17, 15) is 14.9 Å². The molecule has 1 N–H and O–H groups in total. The average Bonchev–Trinajstić information content (AvgIpc) is 2.48. The van der Waals surface area contributed by atoms with E-state index in [-0.39, 0.29) is 18.1 Å². The number of benzene rings is 1. The van der Waals surface area contributed by atoms with E-state index in [1.807, 2.05) is 13.8 Å². The summed E-state index contributed by atoms with van der Waals surface area (Å²) in [7, 11) is 1.51. The zero-order chi connectivity index (χ0) is 15.8. The number of carbonyl (C=O) groups is 1. The number of hydrogen-bond donors (Lipinski definition) is 1. The maximum absolute atomic E-state index is 11.8. The summed E-state index contributed by atoms with van der Waals surface area (Å²) in [6.45, 7) is 5.69. The van der Waals surface area contributed by atoms with Crippen molar-refractivity contribution in [2.75, 3.05) is 26.7 Å². The number of nitrogens with zero attached hydrogens (tertiary/aromatic N) is 2. The van der Waals surface area contributed by atoms with E-state index in [2.05, 4.69) is 5.32 Å². The van der Waals surface area contributed by atoms with Crippen molar-refractivity contribution in [1.29, 1.82) is 0 Å². The highest BCUT2D eigenvalue weighted by molar-refractivity contribution is 5.78. The Balaban J connectivity index is 2.68. The molecule has 21 heavy (non-hydrogen) atoms. The van der Waals surface area contributed by atoms with Crippen LogP contribution in [0.1, 0.15) is 19.4 Å². The van der Waals surface area contributed by atoms with Crippen molar-refractivity contribution in [3.05, 3.63) is 33.9 Å². The third-order valence-corrected chi connectivity index (χ3v) is 3.18. The summed E-state index contributed by atoms with van der Waals surface area (Å²) < 4.78 is 5.17. The molecule has 0 unspecified atom stereocenters. The fourth-order valence-electron chi connectivity index (χ4n) is 2.01. The fraction of sp³-hybridized carbons (Fsp3) is 0.500. The standard InChI is InChI=1S/C14H21N3O4/c1-4-16(5-2)14(18)10-15-9-11-8-12(17(19)20)6-7-13(11)21-3/h6-8,15H,4-5,9-10H2,1-3H3. The quantitative estimate of drug-likeness (QED) is 0.581. The molecule has 0 aliphatic carbocycles. The zero-order valence-corrected chi connectivity index (χ0v) is 12.6. The number of likely N-dealkylation sites (N-methyl/N-ethyl adjacent to an activating group) is 1. The van der Waals surface area contributed by atoms with Crippen LogP contribution in [0.25, 0.3) is 0 Å². The topological polar surface area (TPSA) is 84.7 Å². The molecule has 0 spiro atoms. The molecule has 7 heteroatoms. The average molecular weight is 295 g/mol. The molecule has 1 aromatic rings. The molecule has 0 saturated carbocycles. The maximum atomic E-state index is 11.8. The van der Waals surface area contributed by atoms with Gasteiger partial charge in [0.25, 0.3) is 5.69 Å². The molecule has 0 atom stereocenters. The first-order valence-electron chi connectivity index (χ1n) is 6.83. The molecule has 0 radical (unpaired) electrons. The van der Waals surface area contributed by atoms with Crippen molar-refractivity contribution in [3.8, 4) is 5.75 Å². The molecule has 0 heterocycles. The van der Waals surface area contributed by atoms with Crippen LogP contribution >= 0.6 is 0 Å². The molecular weight excluding hydrogens is 274 g/mol. The van der Waals surface area contributed by atoms with Crippen LogP contribution in [-0.4, -0.2) is 42.5 Å². The van der Waals surface area contributed by atoms with Crippen LogP contribution in [0.4, 0.5) is 5.69 Å². The Morgan fingerprint density at radius 1 is 1.38 bits per heavy atom. The van der Waals surface area contributed by atoms with Crippen LogP contribution in [0.3, 0.4) is 0 Å². The SMILES string of the molecule is CCN(CC)C(=O)CNCc1cc([N+](=O)[O-])ccc1OC. The van der Waals surface area contributed by atoms with Gasteiger partial charge < -0.3 is 15.0 Å². The van der Waals surface area contributed by atoms with E-state index < -0.39 is 4.92 Å². The molecular formula is C14H21N3O4. The summed E-state index contributed by atoms with van der Waals surface area (Å²) in [6, 6.07) is 4.40. The minimum atomic E-state index is -0.454. The van der Waals surface area contributed by atoms with Crippen LogP contribution < -0.4 is 10.1 Å². The number of nitro benzene ring substituents is 1. The predicted octanol–water partition coefficient (Wildman–Crippen LogP) is 1.56. The van der Waals surface area contributed by atoms with E-state index in [0.717, 1.165) is 0 Å².